The van der Waals surface area contributed by atoms with Crippen LogP contribution in [0.5, 0.6) is 0 Å². The number of nitrogens with zero attached hydrogens (tertiary/aromatic N) is 2. The van der Waals surface area contributed by atoms with Gasteiger partial charge in [0.05, 0.1) is 27.7 Å². The number of carbonyl (C=O) groups is 2. The molecule has 0 N–H and O–H groups in total. The molecule has 6 heteroatoms. The normalized spacial score (nSPS) is 32.4. The summed E-state index contributed by atoms with van der Waals surface area (Å²) in [5, 5.41) is 0.689. The van der Waals surface area contributed by atoms with Crippen LogP contribution in [0, 0.1) is 23.7 Å². The third kappa shape index (κ3) is 2.39. The van der Waals surface area contributed by atoms with Gasteiger partial charge in [-0.15, -0.1) is 11.3 Å². The van der Waals surface area contributed by atoms with Crippen LogP contribution in [0.2, 0.25) is 0 Å². The van der Waals surface area contributed by atoms with Crippen LogP contribution in [-0.2, 0) is 9.59 Å². The molecule has 0 unspecified atom stereocenters. The second-order valence-corrected chi connectivity index (χ2v) is 10.7. The van der Waals surface area contributed by atoms with Gasteiger partial charge in [-0.2, -0.15) is 0 Å². The maximum atomic E-state index is 13.0. The average Bonchev–Trinajstić information content (AvgIpc) is 3.45. The van der Waals surface area contributed by atoms with Crippen LogP contribution in [-0.4, -0.2) is 22.0 Å². The van der Waals surface area contributed by atoms with Gasteiger partial charge in [0, 0.05) is 5.25 Å². The van der Waals surface area contributed by atoms with Crippen molar-refractivity contribution in [3.63, 3.8) is 0 Å². The van der Waals surface area contributed by atoms with Crippen LogP contribution in [0.15, 0.2) is 34.7 Å². The third-order valence-electron chi connectivity index (χ3n) is 6.65. The predicted molar refractivity (Wildman–Crippen MR) is 108 cm³/mol. The van der Waals surface area contributed by atoms with Gasteiger partial charge in [0.1, 0.15) is 0 Å². The molecule has 1 aromatic carbocycles. The first-order chi connectivity index (χ1) is 13.2. The van der Waals surface area contributed by atoms with Crippen molar-refractivity contribution in [2.45, 2.75) is 41.7 Å². The van der Waals surface area contributed by atoms with Gasteiger partial charge in [-0.05, 0) is 49.3 Å². The van der Waals surface area contributed by atoms with E-state index >= 15 is 0 Å². The second kappa shape index (κ2) is 5.92. The summed E-state index contributed by atoms with van der Waals surface area (Å²) in [5.74, 6) is 0.208. The molecule has 1 aliphatic heterocycles. The van der Waals surface area contributed by atoms with E-state index in [4.69, 9.17) is 4.98 Å². The minimum absolute atomic E-state index is 0.00808. The summed E-state index contributed by atoms with van der Waals surface area (Å²) in [6.07, 6.45) is 10.5. The highest BCUT2D eigenvalue weighted by Gasteiger charge is 2.59. The van der Waals surface area contributed by atoms with Gasteiger partial charge in [0.2, 0.25) is 11.8 Å². The maximum absolute atomic E-state index is 13.0. The zero-order valence-electron chi connectivity index (χ0n) is 14.8. The van der Waals surface area contributed by atoms with E-state index < -0.39 is 0 Å². The molecule has 4 atom stereocenters. The Balaban J connectivity index is 1.31. The number of fused-ring (bicyclic) bond motifs is 6. The summed E-state index contributed by atoms with van der Waals surface area (Å²) in [5.41, 5.74) is 1.68. The first-order valence-corrected chi connectivity index (χ1v) is 11.5. The van der Waals surface area contributed by atoms with Crippen LogP contribution >= 0.6 is 23.1 Å². The van der Waals surface area contributed by atoms with Gasteiger partial charge in [0.15, 0.2) is 4.34 Å². The SMILES string of the molecule is O=C1[C@@H]2[C@@H](C(=O)N1c1ccc3nc(SC4CCCC4)sc3c1)[C@H]1C=C[C@H]2C1. The van der Waals surface area contributed by atoms with E-state index in [1.54, 1.807) is 11.3 Å². The van der Waals surface area contributed by atoms with Gasteiger partial charge in [-0.1, -0.05) is 36.8 Å². The van der Waals surface area contributed by atoms with Crippen LogP contribution in [0.3, 0.4) is 0 Å². The number of aromatic nitrogens is 1. The molecule has 138 valence electrons. The topological polar surface area (TPSA) is 50.3 Å². The highest BCUT2D eigenvalue weighted by atomic mass is 32.2. The van der Waals surface area contributed by atoms with Crippen molar-refractivity contribution in [1.29, 1.82) is 0 Å². The van der Waals surface area contributed by atoms with Gasteiger partial charge < -0.3 is 0 Å². The lowest BCUT2D eigenvalue weighted by Gasteiger charge is -2.17. The van der Waals surface area contributed by atoms with Crippen LogP contribution in [0.1, 0.15) is 32.1 Å². The number of amides is 2. The molecule has 0 spiro atoms. The Morgan fingerprint density at radius 3 is 2.44 bits per heavy atom. The molecule has 2 saturated carbocycles. The van der Waals surface area contributed by atoms with Crippen molar-refractivity contribution in [1.82, 2.24) is 4.98 Å². The highest BCUT2D eigenvalue weighted by Crippen LogP contribution is 2.53. The number of thiazole rings is 1. The van der Waals surface area contributed by atoms with E-state index in [0.717, 1.165) is 21.0 Å². The number of carbonyl (C=O) groups excluding carboxylic acids is 2. The standard InChI is InChI=1S/C21H20N2O2S2/c24-19-17-11-5-6-12(9-11)18(17)20(25)23(19)13-7-8-15-16(10-13)27-21(22-15)26-14-3-1-2-4-14/h5-8,10-12,14,17-18H,1-4,9H2/t11-,12-,17-,18-/m0/s1. The molecule has 3 fully saturated rings. The molecular formula is C21H20N2O2S2. The fourth-order valence-corrected chi connectivity index (χ4v) is 7.99. The summed E-state index contributed by atoms with van der Waals surface area (Å²) < 4.78 is 2.17. The van der Waals surface area contributed by atoms with Crippen molar-refractivity contribution in [3.05, 3.63) is 30.4 Å². The Morgan fingerprint density at radius 2 is 1.74 bits per heavy atom. The number of rotatable bonds is 3. The largest absolute Gasteiger partial charge is 0.274 e. The van der Waals surface area contributed by atoms with Crippen LogP contribution in [0.4, 0.5) is 5.69 Å². The van der Waals surface area contributed by atoms with E-state index in [0.29, 0.717) is 10.9 Å². The van der Waals surface area contributed by atoms with Crippen molar-refractivity contribution >= 4 is 50.8 Å². The van der Waals surface area contributed by atoms with Gasteiger partial charge >= 0.3 is 0 Å². The lowest BCUT2D eigenvalue weighted by Crippen LogP contribution is -2.32. The number of allylic oxidation sites excluding steroid dienone is 2. The third-order valence-corrected chi connectivity index (χ3v) is 9.10. The lowest BCUT2D eigenvalue weighted by atomic mass is 9.85. The molecule has 3 aliphatic carbocycles. The first kappa shape index (κ1) is 16.3. The van der Waals surface area contributed by atoms with E-state index in [2.05, 4.69) is 12.2 Å². The zero-order valence-corrected chi connectivity index (χ0v) is 16.5. The smallest absolute Gasteiger partial charge is 0.238 e. The average molecular weight is 397 g/mol. The summed E-state index contributed by atoms with van der Waals surface area (Å²) in [6, 6.07) is 5.83. The molecule has 2 bridgehead atoms. The molecular weight excluding hydrogens is 376 g/mol. The lowest BCUT2D eigenvalue weighted by molar-refractivity contribution is -0.123. The molecule has 1 saturated heterocycles. The fourth-order valence-electron chi connectivity index (χ4n) is 5.39. The Kier molecular flexibility index (Phi) is 3.57. The van der Waals surface area contributed by atoms with Crippen molar-refractivity contribution in [2.75, 3.05) is 4.90 Å². The summed E-state index contributed by atoms with van der Waals surface area (Å²) >= 11 is 3.57. The highest BCUT2D eigenvalue weighted by molar-refractivity contribution is 8.01. The van der Waals surface area contributed by atoms with Crippen LogP contribution in [0.25, 0.3) is 10.2 Å². The molecule has 2 amide bonds. The predicted octanol–water partition coefficient (Wildman–Crippen LogP) is 4.64. The molecule has 1 aromatic heterocycles. The molecule has 4 aliphatic rings. The molecule has 6 rings (SSSR count). The van der Waals surface area contributed by atoms with Crippen molar-refractivity contribution in [2.24, 2.45) is 23.7 Å². The van der Waals surface area contributed by atoms with Gasteiger partial charge in [-0.3, -0.25) is 9.59 Å². The van der Waals surface area contributed by atoms with E-state index in [9.17, 15) is 9.59 Å². The number of thioether (sulfide) groups is 1. The summed E-state index contributed by atoms with van der Waals surface area (Å²) in [4.78, 5) is 32.2. The Morgan fingerprint density at radius 1 is 1.04 bits per heavy atom. The zero-order chi connectivity index (χ0) is 18.1. The van der Waals surface area contributed by atoms with Gasteiger partial charge in [0.25, 0.3) is 0 Å². The minimum Gasteiger partial charge on any atom is -0.274 e. The second-order valence-electron chi connectivity index (χ2n) is 8.17. The number of benzene rings is 1. The Labute approximate surface area is 166 Å². The van der Waals surface area contributed by atoms with Crippen molar-refractivity contribution in [3.8, 4) is 0 Å². The number of hydrogen-bond donors (Lipinski definition) is 0. The monoisotopic (exact) mass is 396 g/mol. The molecule has 27 heavy (non-hydrogen) atoms. The van der Waals surface area contributed by atoms with Crippen LogP contribution < -0.4 is 4.90 Å². The maximum Gasteiger partial charge on any atom is 0.238 e. The molecule has 4 nitrogen and oxygen atoms in total. The molecule has 0 radical (unpaired) electrons. The molecule has 2 aromatic rings. The quantitative estimate of drug-likeness (QED) is 0.560. The molecule has 2 heterocycles. The summed E-state index contributed by atoms with van der Waals surface area (Å²) in [6.45, 7) is 0. The van der Waals surface area contributed by atoms with Crippen molar-refractivity contribution < 1.29 is 9.59 Å². The fraction of sp³-hybridized carbons (Fsp3) is 0.476. The number of hydrogen-bond acceptors (Lipinski definition) is 5. The van der Waals surface area contributed by atoms with Gasteiger partial charge in [-0.25, -0.2) is 9.88 Å². The Hall–Kier alpha value is -1.66. The summed E-state index contributed by atoms with van der Waals surface area (Å²) in [7, 11) is 0. The first-order valence-electron chi connectivity index (χ1n) is 9.82. The Bertz CT molecular complexity index is 961. The van der Waals surface area contributed by atoms with E-state index in [1.807, 2.05) is 30.0 Å². The van der Waals surface area contributed by atoms with E-state index in [1.165, 1.54) is 30.6 Å². The number of imide groups is 1. The number of anilines is 1. The van der Waals surface area contributed by atoms with E-state index in [-0.39, 0.29) is 35.5 Å². The minimum atomic E-state index is -0.141.